The molecule has 0 aliphatic rings. The zero-order chi connectivity index (χ0) is 66.0. The Morgan fingerprint density at radius 3 is 1.52 bits per heavy atom. The van der Waals surface area contributed by atoms with E-state index in [0.29, 0.717) is 38.9 Å². The summed E-state index contributed by atoms with van der Waals surface area (Å²) in [7, 11) is 0. The number of rotatable bonds is 36. The molecular weight excluding hydrogens is 1190 g/mol. The van der Waals surface area contributed by atoms with Crippen molar-refractivity contribution in [3.8, 4) is 11.5 Å². The lowest BCUT2D eigenvalue weighted by atomic mass is 10.0. The number of hydrogen-bond acceptors (Lipinski definition) is 17. The van der Waals surface area contributed by atoms with E-state index in [1.165, 1.54) is 67.2 Å². The Morgan fingerprint density at radius 1 is 0.511 bits per heavy atom. The lowest BCUT2D eigenvalue weighted by Crippen LogP contribution is -2.61. The van der Waals surface area contributed by atoms with Gasteiger partial charge in [-0.15, -0.1) is 0 Å². The number of aliphatic hydroxyl groups is 1. The number of aromatic nitrogens is 1. The molecule has 30 heteroatoms. The highest BCUT2D eigenvalue weighted by Gasteiger charge is 2.36. The lowest BCUT2D eigenvalue weighted by molar-refractivity contribution is -0.142. The van der Waals surface area contributed by atoms with Gasteiger partial charge in [0.15, 0.2) is 0 Å². The Labute approximate surface area is 520 Å². The van der Waals surface area contributed by atoms with Crippen LogP contribution in [0.2, 0.25) is 0 Å². The standard InChI is InChI=1S/C60H75N13O16S/c1-32(74)52(73-58(86)44(66-50(79)29-61)25-34-12-16-37(75)17-13-34)59(87)72-43(24-33-8-4-3-5-9-33)53(81)65-31-51(80)67-47(28-49(63)78)57(85)70-45(26-35-14-18-38(76)19-15-35)55(83)71-46(27-36-30-64-40-11-7-6-10-39(36)40)56(84)68-41(22-23-90-2)54(82)69-42(60(88)89)20-21-48(62)77/h3-19,30,32,41-47,52,64,74-76H,20-29,31,61H2,1-2H3,(H2,62,77)(H2,63,78)(H,65,81)(H,66,79)(H,67,80)(H,68,84)(H,69,82)(H,70,85)(H,71,83)(H,72,87)(H,73,86)(H,88,89)/t32-,41+,42+,43+,44+,45+,46+,47+,52+/m1/s1. The molecule has 4 aromatic carbocycles. The van der Waals surface area contributed by atoms with Gasteiger partial charge in [-0.3, -0.25) is 52.7 Å². The molecule has 11 amide bonds. The average Bonchev–Trinajstić information content (AvgIpc) is 2.53. The summed E-state index contributed by atoms with van der Waals surface area (Å²) in [6.07, 6.45) is -0.781. The number of phenolic OH excluding ortho intramolecular Hbond substituents is 2. The van der Waals surface area contributed by atoms with E-state index >= 15 is 0 Å². The maximum Gasteiger partial charge on any atom is 0.326 e. The zero-order valence-corrected chi connectivity index (χ0v) is 50.0. The SMILES string of the molecule is CSCC[C@H](NC(=O)[C@H](Cc1c[nH]c2ccccc12)NC(=O)[C@H](Cc1ccc(O)cc1)NC(=O)[C@H](CC(N)=O)NC(=O)CNC(=O)[C@H](Cc1ccccc1)NC(=O)[C@@H](NC(=O)[C@H](Cc1ccc(O)cc1)NC(=O)CN)[C@@H](C)O)C(=O)N[C@@H](CCC(N)=O)C(=O)O. The Balaban J connectivity index is 1.37. The van der Waals surface area contributed by atoms with Crippen LogP contribution in [0.4, 0.5) is 0 Å². The first kappa shape index (κ1) is 70.7. The van der Waals surface area contributed by atoms with Crippen molar-refractivity contribution in [3.63, 3.8) is 0 Å². The number of benzene rings is 4. The van der Waals surface area contributed by atoms with Crippen LogP contribution in [-0.2, 0) is 83.2 Å². The fourth-order valence-corrected chi connectivity index (χ4v) is 9.67. The van der Waals surface area contributed by atoms with E-state index in [1.807, 2.05) is 0 Å². The summed E-state index contributed by atoms with van der Waals surface area (Å²) < 4.78 is 0. The van der Waals surface area contributed by atoms with Crippen molar-refractivity contribution in [2.45, 2.75) is 113 Å². The van der Waals surface area contributed by atoms with Crippen LogP contribution < -0.4 is 65.1 Å². The maximum absolute atomic E-state index is 14.7. The number of aromatic amines is 1. The van der Waals surface area contributed by atoms with E-state index in [9.17, 15) is 78.0 Å². The molecule has 29 nitrogen and oxygen atoms in total. The second-order valence-corrected chi connectivity index (χ2v) is 22.0. The highest BCUT2D eigenvalue weighted by Crippen LogP contribution is 2.21. The number of primary amides is 2. The fourth-order valence-electron chi connectivity index (χ4n) is 9.20. The third-order valence-corrected chi connectivity index (χ3v) is 14.6. The number of aliphatic hydroxyl groups excluding tert-OH is 1. The number of carboxylic acids is 1. The molecule has 1 heterocycles. The Bertz CT molecular complexity index is 3330. The highest BCUT2D eigenvalue weighted by atomic mass is 32.2. The van der Waals surface area contributed by atoms with Gasteiger partial charge in [0.1, 0.15) is 59.8 Å². The van der Waals surface area contributed by atoms with Gasteiger partial charge in [0.05, 0.1) is 25.6 Å². The second-order valence-electron chi connectivity index (χ2n) is 21.0. The van der Waals surface area contributed by atoms with Gasteiger partial charge < -0.3 is 90.5 Å². The Kier molecular flexibility index (Phi) is 27.5. The third-order valence-electron chi connectivity index (χ3n) is 14.0. The summed E-state index contributed by atoms with van der Waals surface area (Å²) in [5, 5.41) is 63.3. The normalized spacial score (nSPS) is 14.0. The van der Waals surface area contributed by atoms with Gasteiger partial charge in [-0.05, 0) is 84.4 Å². The molecule has 0 saturated carbocycles. The number of phenols is 2. The number of aromatic hydroxyl groups is 2. The molecule has 90 heavy (non-hydrogen) atoms. The van der Waals surface area contributed by atoms with Gasteiger partial charge in [0.25, 0.3) is 0 Å². The number of fused-ring (bicyclic) bond motifs is 1. The molecule has 482 valence electrons. The summed E-state index contributed by atoms with van der Waals surface area (Å²) in [5.41, 5.74) is 18.8. The van der Waals surface area contributed by atoms with E-state index in [0.717, 1.165) is 0 Å². The van der Waals surface area contributed by atoms with E-state index in [2.05, 4.69) is 52.8 Å². The minimum atomic E-state index is -1.83. The molecule has 0 aliphatic carbocycles. The zero-order valence-electron chi connectivity index (χ0n) is 49.2. The summed E-state index contributed by atoms with van der Waals surface area (Å²) in [4.78, 5) is 164. The Morgan fingerprint density at radius 2 is 0.978 bits per heavy atom. The monoisotopic (exact) mass is 1270 g/mol. The average molecular weight is 1270 g/mol. The molecule has 0 spiro atoms. The number of H-pyrrole nitrogens is 1. The van der Waals surface area contributed by atoms with Crippen molar-refractivity contribution in [1.29, 1.82) is 0 Å². The predicted molar refractivity (Wildman–Crippen MR) is 328 cm³/mol. The molecule has 20 N–H and O–H groups in total. The minimum Gasteiger partial charge on any atom is -0.508 e. The number of para-hydroxylation sites is 1. The molecular formula is C60H75N13O16S. The van der Waals surface area contributed by atoms with E-state index < -0.39 is 145 Å². The van der Waals surface area contributed by atoms with Gasteiger partial charge in [-0.1, -0.05) is 72.8 Å². The molecule has 9 atom stereocenters. The summed E-state index contributed by atoms with van der Waals surface area (Å²) in [5.74, 6) is -12.1. The third kappa shape index (κ3) is 22.9. The first-order valence-corrected chi connectivity index (χ1v) is 29.7. The van der Waals surface area contributed by atoms with Crippen molar-refractivity contribution in [3.05, 3.63) is 132 Å². The van der Waals surface area contributed by atoms with Crippen LogP contribution in [-0.4, -0.2) is 176 Å². The topological polar surface area (TPSA) is 488 Å². The molecule has 5 aromatic rings. The van der Waals surface area contributed by atoms with E-state index in [4.69, 9.17) is 17.2 Å². The van der Waals surface area contributed by atoms with Crippen molar-refractivity contribution in [1.82, 2.24) is 52.8 Å². The van der Waals surface area contributed by atoms with Crippen molar-refractivity contribution < 1.29 is 78.0 Å². The molecule has 0 aliphatic heterocycles. The van der Waals surface area contributed by atoms with Crippen LogP contribution >= 0.6 is 11.8 Å². The first-order valence-electron chi connectivity index (χ1n) is 28.3. The van der Waals surface area contributed by atoms with Gasteiger partial charge in [-0.25, -0.2) is 4.79 Å². The highest BCUT2D eigenvalue weighted by molar-refractivity contribution is 7.98. The minimum absolute atomic E-state index is 0.0210. The maximum atomic E-state index is 14.7. The molecule has 0 fully saturated rings. The van der Waals surface area contributed by atoms with E-state index in [1.54, 1.807) is 67.0 Å². The van der Waals surface area contributed by atoms with Crippen LogP contribution in [0, 0.1) is 0 Å². The molecule has 0 saturated heterocycles. The first-order chi connectivity index (χ1) is 42.8. The number of thioether (sulfide) groups is 1. The number of carbonyl (C=O) groups is 12. The van der Waals surface area contributed by atoms with Crippen molar-refractivity contribution in [2.75, 3.05) is 25.1 Å². The number of aliphatic carboxylic acids is 1. The fraction of sp³-hybridized carbons (Fsp3) is 0.367. The van der Waals surface area contributed by atoms with Gasteiger partial charge in [0.2, 0.25) is 65.0 Å². The predicted octanol–water partition coefficient (Wildman–Crippen LogP) is -2.84. The van der Waals surface area contributed by atoms with Crippen LogP contribution in [0.3, 0.4) is 0 Å². The van der Waals surface area contributed by atoms with Gasteiger partial charge in [-0.2, -0.15) is 11.8 Å². The number of hydrogen-bond donors (Lipinski definition) is 17. The molecule has 1 aromatic heterocycles. The lowest BCUT2D eigenvalue weighted by Gasteiger charge is -2.27. The number of nitrogens with two attached hydrogens (primary N) is 3. The van der Waals surface area contributed by atoms with Gasteiger partial charge >= 0.3 is 5.97 Å². The summed E-state index contributed by atoms with van der Waals surface area (Å²) in [6.45, 7) is -0.211. The van der Waals surface area contributed by atoms with E-state index in [-0.39, 0.29) is 56.4 Å². The number of amides is 11. The molecule has 5 rings (SSSR count). The largest absolute Gasteiger partial charge is 0.508 e. The molecule has 0 radical (unpaired) electrons. The van der Waals surface area contributed by atoms with Crippen molar-refractivity contribution in [2.24, 2.45) is 17.2 Å². The second kappa shape index (κ2) is 35.1. The number of carboxylic acid groups (broad SMARTS) is 1. The Hall–Kier alpha value is -10.1. The van der Waals surface area contributed by atoms with Crippen LogP contribution in [0.5, 0.6) is 11.5 Å². The number of nitrogens with one attached hydrogen (secondary N) is 10. The van der Waals surface area contributed by atoms with Crippen LogP contribution in [0.15, 0.2) is 109 Å². The summed E-state index contributed by atoms with van der Waals surface area (Å²) >= 11 is 1.31. The quantitative estimate of drug-likeness (QED) is 0.0192. The van der Waals surface area contributed by atoms with Gasteiger partial charge in [0, 0.05) is 49.2 Å². The van der Waals surface area contributed by atoms with Crippen LogP contribution in [0.25, 0.3) is 10.9 Å². The molecule has 0 bridgehead atoms. The van der Waals surface area contributed by atoms with Crippen molar-refractivity contribution >= 4 is 93.6 Å². The van der Waals surface area contributed by atoms with Crippen LogP contribution in [0.1, 0.15) is 54.9 Å². The molecule has 0 unspecified atom stereocenters. The smallest absolute Gasteiger partial charge is 0.326 e. The number of carbonyl (C=O) groups excluding carboxylic acids is 11. The summed E-state index contributed by atoms with van der Waals surface area (Å²) in [6, 6.07) is 13.9.